The number of rotatable bonds is 5. The quantitative estimate of drug-likeness (QED) is 0.669. The van der Waals surface area contributed by atoms with Gasteiger partial charge in [-0.25, -0.2) is 4.39 Å². The van der Waals surface area contributed by atoms with Crippen molar-refractivity contribution in [1.29, 1.82) is 0 Å². The molecular weight excluding hydrogens is 273 g/mol. The van der Waals surface area contributed by atoms with Crippen molar-refractivity contribution in [2.24, 2.45) is 5.92 Å². The standard InChI is InChI=1S/C16H20FNO3/c1-20-9-21-13-4-5-14(15(17)8-13)16(19)10-6-11-2-3-12(7-10)18-11/h4-5,8,10-12,18H,2-3,6-7,9H2,1H3. The van der Waals surface area contributed by atoms with Gasteiger partial charge in [0.2, 0.25) is 0 Å². The van der Waals surface area contributed by atoms with Gasteiger partial charge in [0.15, 0.2) is 12.6 Å². The van der Waals surface area contributed by atoms with E-state index in [1.54, 1.807) is 6.07 Å². The highest BCUT2D eigenvalue weighted by Crippen LogP contribution is 2.33. The number of hydrogen-bond donors (Lipinski definition) is 1. The van der Waals surface area contributed by atoms with E-state index in [9.17, 15) is 9.18 Å². The second kappa shape index (κ2) is 6.12. The Morgan fingerprint density at radius 1 is 1.33 bits per heavy atom. The number of hydrogen-bond acceptors (Lipinski definition) is 4. The van der Waals surface area contributed by atoms with E-state index >= 15 is 0 Å². The van der Waals surface area contributed by atoms with Crippen LogP contribution in [0.1, 0.15) is 36.0 Å². The molecule has 2 saturated heterocycles. The Hall–Kier alpha value is -1.46. The van der Waals surface area contributed by atoms with Gasteiger partial charge in [0.25, 0.3) is 0 Å². The molecule has 2 aliphatic rings. The number of carbonyl (C=O) groups excluding carboxylic acids is 1. The second-order valence-electron chi connectivity index (χ2n) is 5.86. The molecule has 2 fully saturated rings. The molecule has 0 radical (unpaired) electrons. The molecule has 4 nitrogen and oxygen atoms in total. The summed E-state index contributed by atoms with van der Waals surface area (Å²) < 4.78 is 24.1. The summed E-state index contributed by atoms with van der Waals surface area (Å²) in [6, 6.07) is 5.23. The minimum atomic E-state index is -0.514. The van der Waals surface area contributed by atoms with Crippen molar-refractivity contribution < 1.29 is 18.7 Å². The molecular formula is C16H20FNO3. The number of piperidine rings is 1. The van der Waals surface area contributed by atoms with Gasteiger partial charge in [-0.2, -0.15) is 0 Å². The molecule has 2 atom stereocenters. The number of halogens is 1. The first kappa shape index (κ1) is 14.5. The van der Waals surface area contributed by atoms with Crippen LogP contribution in [0.25, 0.3) is 0 Å². The number of fused-ring (bicyclic) bond motifs is 2. The highest BCUT2D eigenvalue weighted by Gasteiger charge is 2.37. The van der Waals surface area contributed by atoms with E-state index in [0.717, 1.165) is 25.7 Å². The summed E-state index contributed by atoms with van der Waals surface area (Å²) in [6.45, 7) is 0.0599. The molecule has 0 aromatic heterocycles. The van der Waals surface area contributed by atoms with E-state index in [4.69, 9.17) is 9.47 Å². The molecule has 3 rings (SSSR count). The van der Waals surface area contributed by atoms with Gasteiger partial charge in [-0.3, -0.25) is 4.79 Å². The Morgan fingerprint density at radius 3 is 2.67 bits per heavy atom. The fourth-order valence-electron chi connectivity index (χ4n) is 3.40. The van der Waals surface area contributed by atoms with Gasteiger partial charge in [0.1, 0.15) is 11.6 Å². The number of ether oxygens (including phenoxy) is 2. The number of benzene rings is 1. The van der Waals surface area contributed by atoms with Crippen LogP contribution in [0.3, 0.4) is 0 Å². The molecule has 2 bridgehead atoms. The van der Waals surface area contributed by atoms with Crippen LogP contribution in [-0.2, 0) is 4.74 Å². The Labute approximate surface area is 123 Å². The number of carbonyl (C=O) groups is 1. The van der Waals surface area contributed by atoms with Gasteiger partial charge in [0, 0.05) is 31.2 Å². The van der Waals surface area contributed by atoms with Crippen molar-refractivity contribution in [2.45, 2.75) is 37.8 Å². The molecule has 1 N–H and O–H groups in total. The van der Waals surface area contributed by atoms with Crippen molar-refractivity contribution in [3.8, 4) is 5.75 Å². The third-order valence-corrected chi connectivity index (χ3v) is 4.39. The number of Topliss-reactive ketones (excluding diaryl/α,β-unsaturated/α-hetero) is 1. The van der Waals surface area contributed by atoms with Crippen LogP contribution >= 0.6 is 0 Å². The molecule has 2 aliphatic heterocycles. The van der Waals surface area contributed by atoms with Crippen molar-refractivity contribution in [1.82, 2.24) is 5.32 Å². The fraction of sp³-hybridized carbons (Fsp3) is 0.562. The molecule has 0 amide bonds. The first-order chi connectivity index (χ1) is 10.2. The van der Waals surface area contributed by atoms with E-state index in [2.05, 4.69) is 5.32 Å². The zero-order valence-electron chi connectivity index (χ0n) is 12.1. The van der Waals surface area contributed by atoms with E-state index in [-0.39, 0.29) is 24.1 Å². The predicted molar refractivity (Wildman–Crippen MR) is 75.9 cm³/mol. The average Bonchev–Trinajstić information content (AvgIpc) is 2.83. The zero-order valence-corrected chi connectivity index (χ0v) is 12.1. The lowest BCUT2D eigenvalue weighted by Crippen LogP contribution is -2.40. The lowest BCUT2D eigenvalue weighted by molar-refractivity contribution is 0.0509. The summed E-state index contributed by atoms with van der Waals surface area (Å²) in [7, 11) is 1.50. The smallest absolute Gasteiger partial charge is 0.188 e. The van der Waals surface area contributed by atoms with Gasteiger partial charge in [-0.05, 0) is 37.8 Å². The summed E-state index contributed by atoms with van der Waals surface area (Å²) in [4.78, 5) is 12.5. The van der Waals surface area contributed by atoms with Gasteiger partial charge >= 0.3 is 0 Å². The first-order valence-electron chi connectivity index (χ1n) is 7.39. The first-order valence-corrected chi connectivity index (χ1v) is 7.39. The van der Waals surface area contributed by atoms with Crippen molar-refractivity contribution in [3.05, 3.63) is 29.6 Å². The summed E-state index contributed by atoms with van der Waals surface area (Å²) in [5.74, 6) is -0.288. The van der Waals surface area contributed by atoms with Crippen LogP contribution in [0.4, 0.5) is 4.39 Å². The Balaban J connectivity index is 1.72. The SMILES string of the molecule is COCOc1ccc(C(=O)C2CC3CCC(C2)N3)c(F)c1. The molecule has 1 aromatic rings. The largest absolute Gasteiger partial charge is 0.467 e. The number of ketones is 1. The van der Waals surface area contributed by atoms with Gasteiger partial charge < -0.3 is 14.8 Å². The summed E-state index contributed by atoms with van der Waals surface area (Å²) >= 11 is 0. The third kappa shape index (κ3) is 3.09. The van der Waals surface area contributed by atoms with E-state index in [0.29, 0.717) is 17.8 Å². The van der Waals surface area contributed by atoms with E-state index in [1.165, 1.54) is 19.2 Å². The fourth-order valence-corrected chi connectivity index (χ4v) is 3.40. The minimum absolute atomic E-state index is 0.0599. The van der Waals surface area contributed by atoms with Crippen LogP contribution in [0.2, 0.25) is 0 Å². The normalized spacial score (nSPS) is 27.6. The maximum atomic E-state index is 14.1. The Bertz CT molecular complexity index is 522. The highest BCUT2D eigenvalue weighted by molar-refractivity contribution is 5.98. The number of nitrogens with one attached hydrogen (secondary N) is 1. The van der Waals surface area contributed by atoms with Crippen LogP contribution < -0.4 is 10.1 Å². The van der Waals surface area contributed by atoms with Crippen LogP contribution in [0.5, 0.6) is 5.75 Å². The predicted octanol–water partition coefficient (Wildman–Crippen LogP) is 2.52. The van der Waals surface area contributed by atoms with E-state index in [1.807, 2.05) is 0 Å². The summed E-state index contributed by atoms with van der Waals surface area (Å²) in [5, 5.41) is 3.49. The molecule has 0 spiro atoms. The van der Waals surface area contributed by atoms with Gasteiger partial charge in [-0.15, -0.1) is 0 Å². The molecule has 0 aliphatic carbocycles. The lowest BCUT2D eigenvalue weighted by Gasteiger charge is -2.28. The third-order valence-electron chi connectivity index (χ3n) is 4.39. The number of methoxy groups -OCH3 is 1. The molecule has 114 valence electrons. The summed E-state index contributed by atoms with van der Waals surface area (Å²) in [6.07, 6.45) is 3.88. The van der Waals surface area contributed by atoms with Crippen molar-refractivity contribution in [2.75, 3.05) is 13.9 Å². The van der Waals surface area contributed by atoms with Crippen molar-refractivity contribution in [3.63, 3.8) is 0 Å². The second-order valence-corrected chi connectivity index (χ2v) is 5.86. The molecule has 2 unspecified atom stereocenters. The zero-order chi connectivity index (χ0) is 14.8. The molecule has 0 saturated carbocycles. The van der Waals surface area contributed by atoms with Crippen LogP contribution in [0.15, 0.2) is 18.2 Å². The minimum Gasteiger partial charge on any atom is -0.467 e. The van der Waals surface area contributed by atoms with Gasteiger partial charge in [-0.1, -0.05) is 0 Å². The molecule has 5 heteroatoms. The van der Waals surface area contributed by atoms with Crippen molar-refractivity contribution >= 4 is 5.78 Å². The maximum absolute atomic E-state index is 14.1. The molecule has 2 heterocycles. The van der Waals surface area contributed by atoms with E-state index < -0.39 is 5.82 Å². The molecule has 21 heavy (non-hydrogen) atoms. The monoisotopic (exact) mass is 293 g/mol. The Kier molecular flexibility index (Phi) is 4.22. The topological polar surface area (TPSA) is 47.6 Å². The average molecular weight is 293 g/mol. The molecule has 1 aromatic carbocycles. The Morgan fingerprint density at radius 2 is 2.05 bits per heavy atom. The lowest BCUT2D eigenvalue weighted by atomic mass is 9.86. The van der Waals surface area contributed by atoms with Crippen LogP contribution in [-0.4, -0.2) is 31.8 Å². The van der Waals surface area contributed by atoms with Gasteiger partial charge in [0.05, 0.1) is 5.56 Å². The highest BCUT2D eigenvalue weighted by atomic mass is 19.1. The summed E-state index contributed by atoms with van der Waals surface area (Å²) in [5.41, 5.74) is 0.172. The van der Waals surface area contributed by atoms with Crippen LogP contribution in [0, 0.1) is 11.7 Å². The maximum Gasteiger partial charge on any atom is 0.188 e.